The zero-order valence-corrected chi connectivity index (χ0v) is 20.8. The van der Waals surface area contributed by atoms with Crippen LogP contribution in [0.15, 0.2) is 29.2 Å². The van der Waals surface area contributed by atoms with Gasteiger partial charge in [0.1, 0.15) is 5.60 Å². The molecule has 0 unspecified atom stereocenters. The largest absolute Gasteiger partial charge is 0.444 e. The summed E-state index contributed by atoms with van der Waals surface area (Å²) >= 11 is 0. The average Bonchev–Trinajstić information content (AvgIpc) is 2.78. The van der Waals surface area contributed by atoms with Crippen molar-refractivity contribution in [2.75, 3.05) is 32.7 Å². The Morgan fingerprint density at radius 2 is 1.61 bits per heavy atom. The van der Waals surface area contributed by atoms with E-state index in [0.29, 0.717) is 43.5 Å². The number of alkyl carbamates (subject to hydrolysis) is 1. The first-order valence-electron chi connectivity index (χ1n) is 11.9. The summed E-state index contributed by atoms with van der Waals surface area (Å²) in [6.45, 7) is 8.50. The number of hydrogen-bond donors (Lipinski definition) is 1. The molecule has 184 valence electrons. The van der Waals surface area contributed by atoms with Gasteiger partial charge in [-0.2, -0.15) is 4.31 Å². The molecule has 33 heavy (non-hydrogen) atoms. The smallest absolute Gasteiger partial charge is 0.407 e. The lowest BCUT2D eigenvalue weighted by atomic mass is 9.96. The van der Waals surface area contributed by atoms with E-state index in [1.54, 1.807) is 28.6 Å². The summed E-state index contributed by atoms with van der Waals surface area (Å²) in [6.07, 6.45) is 4.38. The highest BCUT2D eigenvalue weighted by atomic mass is 32.2. The molecule has 1 aromatic rings. The van der Waals surface area contributed by atoms with Crippen LogP contribution < -0.4 is 5.32 Å². The van der Waals surface area contributed by atoms with Crippen LogP contribution in [-0.4, -0.2) is 67.9 Å². The number of carbonyl (C=O) groups excluding carboxylic acids is 2. The molecule has 1 aromatic carbocycles. The van der Waals surface area contributed by atoms with E-state index in [1.807, 2.05) is 25.7 Å². The Labute approximate surface area is 197 Å². The number of amides is 2. The highest BCUT2D eigenvalue weighted by molar-refractivity contribution is 7.89. The summed E-state index contributed by atoms with van der Waals surface area (Å²) in [5.74, 6) is 0.362. The number of likely N-dealkylation sites (tertiary alicyclic amines) is 1. The molecule has 0 atom stereocenters. The van der Waals surface area contributed by atoms with Gasteiger partial charge >= 0.3 is 6.09 Å². The Bertz CT molecular complexity index is 910. The van der Waals surface area contributed by atoms with Gasteiger partial charge < -0.3 is 15.0 Å². The molecule has 1 N–H and O–H groups in total. The Balaban J connectivity index is 1.45. The topological polar surface area (TPSA) is 96.0 Å². The molecule has 2 amide bonds. The fourth-order valence-corrected chi connectivity index (χ4v) is 5.77. The Hall–Kier alpha value is -2.13. The summed E-state index contributed by atoms with van der Waals surface area (Å²) in [7, 11) is -3.46. The maximum Gasteiger partial charge on any atom is 0.407 e. The van der Waals surface area contributed by atoms with Gasteiger partial charge in [-0.25, -0.2) is 13.2 Å². The van der Waals surface area contributed by atoms with E-state index in [1.165, 1.54) is 0 Å². The van der Waals surface area contributed by atoms with Gasteiger partial charge in [0.15, 0.2) is 0 Å². The molecule has 0 aliphatic carbocycles. The standard InChI is InChI=1S/C24H37N3O5S/c1-24(2,3)32-23(29)25-18-20-11-15-26(16-12-20)22(28)17-19-7-9-21(10-8-19)33(30,31)27-13-5-4-6-14-27/h7-10,20H,4-6,11-18H2,1-3H3,(H,25,29). The minimum absolute atomic E-state index is 0.0418. The fourth-order valence-electron chi connectivity index (χ4n) is 4.25. The van der Waals surface area contributed by atoms with Gasteiger partial charge in [-0.05, 0) is 70.1 Å². The van der Waals surface area contributed by atoms with Crippen LogP contribution in [0.2, 0.25) is 0 Å². The van der Waals surface area contributed by atoms with E-state index in [9.17, 15) is 18.0 Å². The second kappa shape index (κ2) is 10.9. The summed E-state index contributed by atoms with van der Waals surface area (Å²) in [4.78, 5) is 26.7. The van der Waals surface area contributed by atoms with Crippen LogP contribution in [0.25, 0.3) is 0 Å². The van der Waals surface area contributed by atoms with Crippen LogP contribution in [0.5, 0.6) is 0 Å². The van der Waals surface area contributed by atoms with Crippen molar-refractivity contribution in [3.05, 3.63) is 29.8 Å². The summed E-state index contributed by atoms with van der Waals surface area (Å²) < 4.78 is 32.4. The molecule has 2 heterocycles. The van der Waals surface area contributed by atoms with Crippen LogP contribution >= 0.6 is 0 Å². The minimum Gasteiger partial charge on any atom is -0.444 e. The molecular weight excluding hydrogens is 442 g/mol. The Morgan fingerprint density at radius 3 is 2.18 bits per heavy atom. The Kier molecular flexibility index (Phi) is 8.39. The third-order valence-electron chi connectivity index (χ3n) is 6.13. The monoisotopic (exact) mass is 479 g/mol. The first-order chi connectivity index (χ1) is 15.5. The SMILES string of the molecule is CC(C)(C)OC(=O)NCC1CCN(C(=O)Cc2ccc(S(=O)(=O)N3CCCCC3)cc2)CC1. The number of nitrogens with one attached hydrogen (secondary N) is 1. The highest BCUT2D eigenvalue weighted by Crippen LogP contribution is 2.22. The van der Waals surface area contributed by atoms with Gasteiger partial charge in [0, 0.05) is 32.7 Å². The zero-order valence-electron chi connectivity index (χ0n) is 20.0. The Morgan fingerprint density at radius 1 is 1.00 bits per heavy atom. The van der Waals surface area contributed by atoms with Crippen LogP contribution in [-0.2, 0) is 26.0 Å². The quantitative estimate of drug-likeness (QED) is 0.676. The number of sulfonamides is 1. The fraction of sp³-hybridized carbons (Fsp3) is 0.667. The highest BCUT2D eigenvalue weighted by Gasteiger charge is 2.27. The first kappa shape index (κ1) is 25.5. The van der Waals surface area contributed by atoms with Crippen molar-refractivity contribution < 1.29 is 22.7 Å². The molecule has 0 bridgehead atoms. The van der Waals surface area contributed by atoms with E-state index in [4.69, 9.17) is 4.74 Å². The molecule has 8 nitrogen and oxygen atoms in total. The number of hydrogen-bond acceptors (Lipinski definition) is 5. The van der Waals surface area contributed by atoms with E-state index >= 15 is 0 Å². The van der Waals surface area contributed by atoms with Gasteiger partial charge in [-0.15, -0.1) is 0 Å². The maximum atomic E-state index is 12.8. The lowest BCUT2D eigenvalue weighted by Gasteiger charge is -2.32. The molecule has 0 aromatic heterocycles. The van der Waals surface area contributed by atoms with Gasteiger partial charge in [0.2, 0.25) is 15.9 Å². The number of rotatable bonds is 6. The van der Waals surface area contributed by atoms with Crippen molar-refractivity contribution in [1.29, 1.82) is 0 Å². The summed E-state index contributed by atoms with van der Waals surface area (Å²) in [5, 5.41) is 2.82. The van der Waals surface area contributed by atoms with Crippen LogP contribution in [0, 0.1) is 5.92 Å². The number of benzene rings is 1. The molecule has 0 radical (unpaired) electrons. The molecule has 0 saturated carbocycles. The van der Waals surface area contributed by atoms with Crippen molar-refractivity contribution >= 4 is 22.0 Å². The molecule has 0 spiro atoms. The predicted octanol–water partition coefficient (Wildman–Crippen LogP) is 3.17. The van der Waals surface area contributed by atoms with E-state index in [0.717, 1.165) is 37.7 Å². The number of nitrogens with zero attached hydrogens (tertiary/aromatic N) is 2. The summed E-state index contributed by atoms with van der Waals surface area (Å²) in [5.41, 5.74) is 0.293. The second-order valence-corrected chi connectivity index (χ2v) is 11.9. The minimum atomic E-state index is -3.46. The lowest BCUT2D eigenvalue weighted by Crippen LogP contribution is -2.42. The van der Waals surface area contributed by atoms with Gasteiger partial charge in [0.05, 0.1) is 11.3 Å². The molecule has 3 rings (SSSR count). The number of piperidine rings is 2. The number of ether oxygens (including phenoxy) is 1. The summed E-state index contributed by atoms with van der Waals surface area (Å²) in [6, 6.07) is 6.71. The van der Waals surface area contributed by atoms with Crippen LogP contribution in [0.4, 0.5) is 4.79 Å². The lowest BCUT2D eigenvalue weighted by molar-refractivity contribution is -0.131. The number of carbonyl (C=O) groups is 2. The van der Waals surface area contributed by atoms with Crippen molar-refractivity contribution in [1.82, 2.24) is 14.5 Å². The van der Waals surface area contributed by atoms with Crippen molar-refractivity contribution in [2.24, 2.45) is 5.92 Å². The van der Waals surface area contributed by atoms with Gasteiger partial charge in [0.25, 0.3) is 0 Å². The molecule has 2 aliphatic heterocycles. The molecule has 2 saturated heterocycles. The van der Waals surface area contributed by atoms with E-state index in [2.05, 4.69) is 5.32 Å². The maximum absolute atomic E-state index is 12.8. The second-order valence-electron chi connectivity index (χ2n) is 9.99. The van der Waals surface area contributed by atoms with Gasteiger partial charge in [-0.1, -0.05) is 18.6 Å². The van der Waals surface area contributed by atoms with E-state index < -0.39 is 21.7 Å². The average molecular weight is 480 g/mol. The van der Waals surface area contributed by atoms with Crippen molar-refractivity contribution in [2.45, 2.75) is 69.8 Å². The van der Waals surface area contributed by atoms with Gasteiger partial charge in [-0.3, -0.25) is 4.79 Å². The van der Waals surface area contributed by atoms with Crippen LogP contribution in [0.3, 0.4) is 0 Å². The zero-order chi connectivity index (χ0) is 24.1. The normalized spacial score (nSPS) is 18.7. The third kappa shape index (κ3) is 7.43. The molecule has 9 heteroatoms. The molecule has 2 aliphatic rings. The van der Waals surface area contributed by atoms with Crippen LogP contribution in [0.1, 0.15) is 58.4 Å². The predicted molar refractivity (Wildman–Crippen MR) is 126 cm³/mol. The van der Waals surface area contributed by atoms with Crippen molar-refractivity contribution in [3.8, 4) is 0 Å². The van der Waals surface area contributed by atoms with Crippen molar-refractivity contribution in [3.63, 3.8) is 0 Å². The third-order valence-corrected chi connectivity index (χ3v) is 8.05. The molecule has 2 fully saturated rings. The van der Waals surface area contributed by atoms with E-state index in [-0.39, 0.29) is 12.3 Å². The molecular formula is C24H37N3O5S. The first-order valence-corrected chi connectivity index (χ1v) is 13.3.